The summed E-state index contributed by atoms with van der Waals surface area (Å²) in [5.41, 5.74) is 5.88. The highest BCUT2D eigenvalue weighted by Gasteiger charge is 2.24. The number of aryl methyl sites for hydroxylation is 1. The van der Waals surface area contributed by atoms with E-state index in [4.69, 9.17) is 4.74 Å². The first-order valence-corrected chi connectivity index (χ1v) is 11.2. The van der Waals surface area contributed by atoms with Gasteiger partial charge in [0.05, 0.1) is 18.7 Å². The molecule has 162 valence electrons. The van der Waals surface area contributed by atoms with E-state index in [1.165, 1.54) is 11.1 Å². The number of piperazine rings is 1. The molecule has 30 heavy (non-hydrogen) atoms. The summed E-state index contributed by atoms with van der Waals surface area (Å²) in [7, 11) is 0. The number of hydrogen-bond acceptors (Lipinski definition) is 4. The molecule has 2 aliphatic rings. The fraction of sp³-hybridized carbons (Fsp3) is 0.583. The Labute approximate surface area is 179 Å². The topological polar surface area (TPSA) is 50.6 Å². The zero-order chi connectivity index (χ0) is 21.3. The van der Waals surface area contributed by atoms with Crippen LogP contribution in [0.1, 0.15) is 41.9 Å². The molecule has 6 nitrogen and oxygen atoms in total. The van der Waals surface area contributed by atoms with E-state index in [1.54, 1.807) is 0 Å². The van der Waals surface area contributed by atoms with Gasteiger partial charge in [-0.3, -0.25) is 14.4 Å². The van der Waals surface area contributed by atoms with Gasteiger partial charge >= 0.3 is 0 Å². The van der Waals surface area contributed by atoms with Gasteiger partial charge in [-0.1, -0.05) is 26.0 Å². The smallest absolute Gasteiger partial charge is 0.227 e. The van der Waals surface area contributed by atoms with E-state index < -0.39 is 0 Å². The lowest BCUT2D eigenvalue weighted by Gasteiger charge is -2.35. The van der Waals surface area contributed by atoms with Crippen LogP contribution >= 0.6 is 0 Å². The van der Waals surface area contributed by atoms with E-state index in [0.717, 1.165) is 75.0 Å². The summed E-state index contributed by atoms with van der Waals surface area (Å²) in [5, 5.41) is 4.66. The number of ether oxygens (including phenoxy) is 1. The van der Waals surface area contributed by atoms with Gasteiger partial charge in [0.2, 0.25) is 5.91 Å². The van der Waals surface area contributed by atoms with Crippen LogP contribution in [0.5, 0.6) is 5.75 Å². The van der Waals surface area contributed by atoms with Gasteiger partial charge in [-0.2, -0.15) is 5.10 Å². The predicted octanol–water partition coefficient (Wildman–Crippen LogP) is 2.98. The van der Waals surface area contributed by atoms with Crippen LogP contribution in [0.4, 0.5) is 0 Å². The first kappa shape index (κ1) is 20.9. The molecule has 1 amide bonds. The van der Waals surface area contributed by atoms with Gasteiger partial charge in [-0.15, -0.1) is 0 Å². The second-order valence-corrected chi connectivity index (χ2v) is 9.10. The van der Waals surface area contributed by atoms with Gasteiger partial charge in [-0.25, -0.2) is 0 Å². The maximum absolute atomic E-state index is 13.0. The van der Waals surface area contributed by atoms with E-state index in [1.807, 2.05) is 11.8 Å². The van der Waals surface area contributed by atoms with Crippen molar-refractivity contribution in [1.29, 1.82) is 0 Å². The maximum Gasteiger partial charge on any atom is 0.227 e. The van der Waals surface area contributed by atoms with Crippen molar-refractivity contribution in [2.24, 2.45) is 5.92 Å². The van der Waals surface area contributed by atoms with Crippen molar-refractivity contribution >= 4 is 5.91 Å². The second-order valence-electron chi connectivity index (χ2n) is 9.10. The Hall–Kier alpha value is -2.34. The van der Waals surface area contributed by atoms with Crippen LogP contribution in [0.3, 0.4) is 0 Å². The quantitative estimate of drug-likeness (QED) is 0.735. The van der Waals surface area contributed by atoms with E-state index in [0.29, 0.717) is 12.3 Å². The Balaban J connectivity index is 1.31. The third-order valence-corrected chi connectivity index (χ3v) is 6.28. The van der Waals surface area contributed by atoms with Gasteiger partial charge < -0.3 is 9.64 Å². The average molecular weight is 411 g/mol. The van der Waals surface area contributed by atoms with Crippen LogP contribution in [0, 0.1) is 19.8 Å². The van der Waals surface area contributed by atoms with Crippen molar-refractivity contribution in [2.45, 2.75) is 53.6 Å². The van der Waals surface area contributed by atoms with Gasteiger partial charge in [0, 0.05) is 56.9 Å². The number of carbonyl (C=O) groups is 1. The number of amides is 1. The zero-order valence-electron chi connectivity index (χ0n) is 18.8. The lowest BCUT2D eigenvalue weighted by molar-refractivity contribution is -0.132. The van der Waals surface area contributed by atoms with Gasteiger partial charge in [-0.05, 0) is 37.0 Å². The first-order valence-electron chi connectivity index (χ1n) is 11.2. The van der Waals surface area contributed by atoms with Crippen molar-refractivity contribution in [3.05, 3.63) is 46.3 Å². The minimum absolute atomic E-state index is 0.222. The fourth-order valence-electron chi connectivity index (χ4n) is 4.53. The highest BCUT2D eigenvalue weighted by Crippen LogP contribution is 2.26. The molecule has 6 heteroatoms. The summed E-state index contributed by atoms with van der Waals surface area (Å²) in [6, 6.07) is 6.55. The summed E-state index contributed by atoms with van der Waals surface area (Å²) >= 11 is 0. The molecule has 0 atom stereocenters. The molecule has 1 aromatic carbocycles. The normalized spacial score (nSPS) is 16.8. The molecule has 0 unspecified atom stereocenters. The Kier molecular flexibility index (Phi) is 6.14. The molecule has 0 saturated carbocycles. The summed E-state index contributed by atoms with van der Waals surface area (Å²) in [6.45, 7) is 14.6. The summed E-state index contributed by atoms with van der Waals surface area (Å²) < 4.78 is 7.66. The SMILES string of the molecule is Cc1nn(CC(C)C)c(C)c1CC(=O)N1CCN(Cc2ccc3c(c2)CCO3)CC1. The van der Waals surface area contributed by atoms with E-state index >= 15 is 0 Å². The molecule has 0 aliphatic carbocycles. The minimum atomic E-state index is 0.222. The number of hydrogen-bond donors (Lipinski definition) is 0. The van der Waals surface area contributed by atoms with E-state index in [9.17, 15) is 4.79 Å². The Morgan fingerprint density at radius 1 is 1.17 bits per heavy atom. The van der Waals surface area contributed by atoms with Crippen molar-refractivity contribution in [2.75, 3.05) is 32.8 Å². The molecule has 1 aromatic heterocycles. The highest BCUT2D eigenvalue weighted by atomic mass is 16.5. The molecule has 0 N–H and O–H groups in total. The van der Waals surface area contributed by atoms with Crippen molar-refractivity contribution in [3.63, 3.8) is 0 Å². The van der Waals surface area contributed by atoms with Crippen LogP contribution in [0.2, 0.25) is 0 Å². The summed E-state index contributed by atoms with van der Waals surface area (Å²) in [5.74, 6) is 1.80. The third kappa shape index (κ3) is 4.53. The van der Waals surface area contributed by atoms with E-state index in [2.05, 4.69) is 53.7 Å². The summed E-state index contributed by atoms with van der Waals surface area (Å²) in [6.07, 6.45) is 1.47. The van der Waals surface area contributed by atoms with Crippen molar-refractivity contribution < 1.29 is 9.53 Å². The monoisotopic (exact) mass is 410 g/mol. The number of benzene rings is 1. The third-order valence-electron chi connectivity index (χ3n) is 6.28. The molecule has 2 aliphatic heterocycles. The van der Waals surface area contributed by atoms with Crippen LogP contribution in [-0.4, -0.2) is 58.3 Å². The number of aromatic nitrogens is 2. The zero-order valence-corrected chi connectivity index (χ0v) is 18.8. The molecule has 0 bridgehead atoms. The lowest BCUT2D eigenvalue weighted by atomic mass is 10.1. The maximum atomic E-state index is 13.0. The number of fused-ring (bicyclic) bond motifs is 1. The molecular formula is C24H34N4O2. The van der Waals surface area contributed by atoms with Crippen LogP contribution in [-0.2, 0) is 30.7 Å². The van der Waals surface area contributed by atoms with E-state index in [-0.39, 0.29) is 5.91 Å². The van der Waals surface area contributed by atoms with Crippen LogP contribution < -0.4 is 4.74 Å². The number of rotatable bonds is 6. The standard InChI is InChI=1S/C24H34N4O2/c1-17(2)15-28-19(4)22(18(3)25-28)14-24(29)27-10-8-26(9-11-27)16-20-5-6-23-21(13-20)7-12-30-23/h5-6,13,17H,7-12,14-16H2,1-4H3. The van der Waals surface area contributed by atoms with Gasteiger partial charge in [0.1, 0.15) is 5.75 Å². The van der Waals surface area contributed by atoms with Crippen LogP contribution in [0.15, 0.2) is 18.2 Å². The lowest BCUT2D eigenvalue weighted by Crippen LogP contribution is -2.48. The molecule has 2 aromatic rings. The molecule has 0 radical (unpaired) electrons. The Bertz CT molecular complexity index is 910. The molecule has 3 heterocycles. The molecule has 1 fully saturated rings. The predicted molar refractivity (Wildman–Crippen MR) is 118 cm³/mol. The van der Waals surface area contributed by atoms with Gasteiger partial charge in [0.25, 0.3) is 0 Å². The average Bonchev–Trinajstić information content (AvgIpc) is 3.28. The van der Waals surface area contributed by atoms with Crippen molar-refractivity contribution in [3.8, 4) is 5.75 Å². The van der Waals surface area contributed by atoms with Crippen LogP contribution in [0.25, 0.3) is 0 Å². The highest BCUT2D eigenvalue weighted by molar-refractivity contribution is 5.79. The Morgan fingerprint density at radius 3 is 2.67 bits per heavy atom. The molecular weight excluding hydrogens is 376 g/mol. The van der Waals surface area contributed by atoms with Crippen molar-refractivity contribution in [1.82, 2.24) is 19.6 Å². The number of carbonyl (C=O) groups excluding carboxylic acids is 1. The molecule has 0 spiro atoms. The number of nitrogens with zero attached hydrogens (tertiary/aromatic N) is 4. The first-order chi connectivity index (χ1) is 14.4. The minimum Gasteiger partial charge on any atom is -0.493 e. The molecule has 1 saturated heterocycles. The van der Waals surface area contributed by atoms with Gasteiger partial charge in [0.15, 0.2) is 0 Å². The Morgan fingerprint density at radius 2 is 1.93 bits per heavy atom. The summed E-state index contributed by atoms with van der Waals surface area (Å²) in [4.78, 5) is 17.4. The molecule has 4 rings (SSSR count). The largest absolute Gasteiger partial charge is 0.493 e. The second kappa shape index (κ2) is 8.80. The fourth-order valence-corrected chi connectivity index (χ4v) is 4.53.